The second-order valence-electron chi connectivity index (χ2n) is 5.81. The molecule has 2 rings (SSSR count). The van der Waals surface area contributed by atoms with E-state index in [0.717, 1.165) is 0 Å². The molecule has 10 heteroatoms. The molecule has 2 amide bonds. The minimum Gasteiger partial charge on any atom is -0.443 e. The van der Waals surface area contributed by atoms with Gasteiger partial charge < -0.3 is 15.0 Å². The molecule has 0 aliphatic carbocycles. The van der Waals surface area contributed by atoms with Crippen molar-refractivity contribution in [2.45, 2.75) is 31.2 Å². The minimum atomic E-state index is -0.792. The average Bonchev–Trinajstić information content (AvgIpc) is 3.01. The molecular weight excluding hydrogens is 360 g/mol. The Balaban J connectivity index is 1.96. The minimum absolute atomic E-state index is 0.0126. The van der Waals surface area contributed by atoms with E-state index in [9.17, 15) is 19.7 Å². The molecule has 0 aromatic heterocycles. The fourth-order valence-corrected chi connectivity index (χ4v) is 3.05. The number of carbonyl (C=O) groups excluding carboxylic acids is 2. The van der Waals surface area contributed by atoms with Gasteiger partial charge in [-0.25, -0.2) is 4.79 Å². The van der Waals surface area contributed by atoms with Crippen LogP contribution in [0.1, 0.15) is 18.9 Å². The number of ether oxygens (including phenoxy) is 1. The third-order valence-electron chi connectivity index (χ3n) is 4.01. The number of likely N-dealkylation sites (N-methyl/N-ethyl adjacent to an activating group) is 1. The summed E-state index contributed by atoms with van der Waals surface area (Å²) in [6.07, 6.45) is -0.229. The van der Waals surface area contributed by atoms with Gasteiger partial charge in [-0.2, -0.15) is 17.6 Å². The average molecular weight is 380 g/mol. The lowest BCUT2D eigenvalue weighted by molar-refractivity contribution is -0.384. The quantitative estimate of drug-likeness (QED) is 0.270. The number of benzene rings is 1. The van der Waals surface area contributed by atoms with E-state index in [1.165, 1.54) is 24.3 Å². The van der Waals surface area contributed by atoms with Crippen LogP contribution in [0.3, 0.4) is 0 Å². The second-order valence-corrected chi connectivity index (χ2v) is 6.54. The zero-order chi connectivity index (χ0) is 19.3. The number of hydrogen-bond donors (Lipinski definition) is 2. The Morgan fingerprint density at radius 3 is 2.65 bits per heavy atom. The molecule has 2 atom stereocenters. The number of non-ortho nitro benzene ring substituents is 1. The van der Waals surface area contributed by atoms with Gasteiger partial charge in [-0.15, -0.1) is 0 Å². The summed E-state index contributed by atoms with van der Waals surface area (Å²) >= 11 is 4.40. The molecule has 1 aliphatic rings. The van der Waals surface area contributed by atoms with Crippen molar-refractivity contribution in [2.24, 2.45) is 4.99 Å². The summed E-state index contributed by atoms with van der Waals surface area (Å²) in [6.45, 7) is 2.09. The SMILES string of the molecule is CNC(=O)[C@@H]1C[C@H](S)CN1C(C)=NC(=O)OCc1ccc([N+](=O)[O-])cc1. The first-order valence-electron chi connectivity index (χ1n) is 7.93. The lowest BCUT2D eigenvalue weighted by Crippen LogP contribution is -2.44. The highest BCUT2D eigenvalue weighted by Gasteiger charge is 2.35. The van der Waals surface area contributed by atoms with Crippen LogP contribution in [-0.2, 0) is 16.1 Å². The highest BCUT2D eigenvalue weighted by atomic mass is 32.1. The van der Waals surface area contributed by atoms with Crippen LogP contribution in [0.5, 0.6) is 0 Å². The maximum atomic E-state index is 11.9. The van der Waals surface area contributed by atoms with Gasteiger partial charge in [0.15, 0.2) is 0 Å². The zero-order valence-electron chi connectivity index (χ0n) is 14.4. The van der Waals surface area contributed by atoms with Crippen LogP contribution in [0.4, 0.5) is 10.5 Å². The maximum Gasteiger partial charge on any atom is 0.435 e. The third-order valence-corrected chi connectivity index (χ3v) is 4.38. The number of nitro groups is 1. The predicted molar refractivity (Wildman–Crippen MR) is 98.3 cm³/mol. The van der Waals surface area contributed by atoms with Crippen molar-refractivity contribution < 1.29 is 19.2 Å². The summed E-state index contributed by atoms with van der Waals surface area (Å²) in [5.74, 6) is 0.221. The molecule has 0 bridgehead atoms. The van der Waals surface area contributed by atoms with E-state index >= 15 is 0 Å². The van der Waals surface area contributed by atoms with Crippen LogP contribution in [-0.4, -0.2) is 52.5 Å². The van der Waals surface area contributed by atoms with Crippen molar-refractivity contribution in [3.63, 3.8) is 0 Å². The van der Waals surface area contributed by atoms with E-state index in [-0.39, 0.29) is 23.5 Å². The van der Waals surface area contributed by atoms with Crippen molar-refractivity contribution in [3.8, 4) is 0 Å². The van der Waals surface area contributed by atoms with Gasteiger partial charge in [0.2, 0.25) is 5.91 Å². The molecule has 1 heterocycles. The van der Waals surface area contributed by atoms with Crippen molar-refractivity contribution in [2.75, 3.05) is 13.6 Å². The Bertz CT molecular complexity index is 722. The van der Waals surface area contributed by atoms with Gasteiger partial charge in [-0.3, -0.25) is 14.9 Å². The molecule has 0 saturated carbocycles. The number of nitro benzene ring substituents is 1. The van der Waals surface area contributed by atoms with Crippen LogP contribution in [0.15, 0.2) is 29.3 Å². The van der Waals surface area contributed by atoms with Crippen LogP contribution < -0.4 is 5.32 Å². The Kier molecular flexibility index (Phi) is 6.56. The number of aliphatic imine (C=N–C) groups is 1. The van der Waals surface area contributed by atoms with E-state index in [0.29, 0.717) is 24.4 Å². The molecule has 1 aliphatic heterocycles. The lowest BCUT2D eigenvalue weighted by atomic mass is 10.2. The molecular formula is C16H20N4O5S. The zero-order valence-corrected chi connectivity index (χ0v) is 15.3. The van der Waals surface area contributed by atoms with Gasteiger partial charge in [-0.1, -0.05) is 0 Å². The smallest absolute Gasteiger partial charge is 0.435 e. The topological polar surface area (TPSA) is 114 Å². The highest BCUT2D eigenvalue weighted by Crippen LogP contribution is 2.22. The van der Waals surface area contributed by atoms with Crippen molar-refractivity contribution in [3.05, 3.63) is 39.9 Å². The molecule has 1 fully saturated rings. The highest BCUT2D eigenvalue weighted by molar-refractivity contribution is 7.81. The molecule has 1 aromatic rings. The Morgan fingerprint density at radius 1 is 1.42 bits per heavy atom. The van der Waals surface area contributed by atoms with Gasteiger partial charge >= 0.3 is 6.09 Å². The molecule has 9 nitrogen and oxygen atoms in total. The number of hydrogen-bond acceptors (Lipinski definition) is 6. The molecule has 0 spiro atoms. The van der Waals surface area contributed by atoms with E-state index in [1.807, 2.05) is 0 Å². The molecule has 1 aromatic carbocycles. The van der Waals surface area contributed by atoms with Gasteiger partial charge in [0.05, 0.1) is 4.92 Å². The number of nitrogens with one attached hydrogen (secondary N) is 1. The number of likely N-dealkylation sites (tertiary alicyclic amines) is 1. The van der Waals surface area contributed by atoms with Gasteiger partial charge in [0.25, 0.3) is 5.69 Å². The van der Waals surface area contributed by atoms with Crippen LogP contribution >= 0.6 is 12.6 Å². The molecule has 140 valence electrons. The van der Waals surface area contributed by atoms with Gasteiger partial charge in [0, 0.05) is 31.0 Å². The van der Waals surface area contributed by atoms with Crippen LogP contribution in [0, 0.1) is 10.1 Å². The first kappa shape index (κ1) is 19.7. The number of rotatable bonds is 4. The molecule has 0 radical (unpaired) electrons. The standard InChI is InChI=1S/C16H20N4O5S/c1-10(19-8-13(26)7-14(19)15(21)17-2)18-16(22)25-9-11-3-5-12(6-4-11)20(23)24/h3-6,13-14,26H,7-9H2,1-2H3,(H,17,21)/t13-,14-/m0/s1. The Morgan fingerprint density at radius 2 is 2.08 bits per heavy atom. The largest absolute Gasteiger partial charge is 0.443 e. The Hall–Kier alpha value is -2.62. The number of amidine groups is 1. The first-order chi connectivity index (χ1) is 12.3. The molecule has 0 unspecified atom stereocenters. The normalized spacial score (nSPS) is 20.0. The summed E-state index contributed by atoms with van der Waals surface area (Å²) in [7, 11) is 1.55. The van der Waals surface area contributed by atoms with Gasteiger partial charge in [-0.05, 0) is 31.0 Å². The van der Waals surface area contributed by atoms with E-state index < -0.39 is 17.1 Å². The maximum absolute atomic E-state index is 11.9. The van der Waals surface area contributed by atoms with E-state index in [2.05, 4.69) is 22.9 Å². The number of carbonyl (C=O) groups is 2. The fraction of sp³-hybridized carbons (Fsp3) is 0.438. The van der Waals surface area contributed by atoms with E-state index in [4.69, 9.17) is 4.74 Å². The number of amides is 2. The fourth-order valence-electron chi connectivity index (χ4n) is 2.67. The summed E-state index contributed by atoms with van der Waals surface area (Å²) in [4.78, 5) is 39.6. The van der Waals surface area contributed by atoms with Crippen molar-refractivity contribution in [1.29, 1.82) is 0 Å². The van der Waals surface area contributed by atoms with Crippen LogP contribution in [0.25, 0.3) is 0 Å². The number of nitrogens with zero attached hydrogens (tertiary/aromatic N) is 3. The monoisotopic (exact) mass is 380 g/mol. The summed E-state index contributed by atoms with van der Waals surface area (Å²) in [5, 5.41) is 13.2. The van der Waals surface area contributed by atoms with Crippen molar-refractivity contribution in [1.82, 2.24) is 10.2 Å². The predicted octanol–water partition coefficient (Wildman–Crippen LogP) is 1.77. The van der Waals surface area contributed by atoms with Crippen LogP contribution in [0.2, 0.25) is 0 Å². The third kappa shape index (κ3) is 4.94. The summed E-state index contributed by atoms with van der Waals surface area (Å²) < 4.78 is 5.06. The second kappa shape index (κ2) is 8.65. The summed E-state index contributed by atoms with van der Waals surface area (Å²) in [5.41, 5.74) is 0.571. The first-order valence-corrected chi connectivity index (χ1v) is 8.45. The molecule has 26 heavy (non-hydrogen) atoms. The molecule has 1 saturated heterocycles. The van der Waals surface area contributed by atoms with E-state index in [1.54, 1.807) is 18.9 Å². The van der Waals surface area contributed by atoms with Gasteiger partial charge in [0.1, 0.15) is 18.5 Å². The number of thiol groups is 1. The lowest BCUT2D eigenvalue weighted by Gasteiger charge is -2.24. The van der Waals surface area contributed by atoms with Crippen molar-refractivity contribution >= 4 is 36.2 Å². The molecule has 1 N–H and O–H groups in total. The Labute approximate surface area is 156 Å². The summed E-state index contributed by atoms with van der Waals surface area (Å²) in [6, 6.07) is 5.27.